The smallest absolute Gasteiger partial charge is 0.382 e. The largest absolute Gasteiger partial charge is 0.524 e. The lowest BCUT2D eigenvalue weighted by molar-refractivity contribution is -0.158. The van der Waals surface area contributed by atoms with E-state index < -0.39 is 24.5 Å². The van der Waals surface area contributed by atoms with Gasteiger partial charge < -0.3 is 14.2 Å². The fourth-order valence-electron chi connectivity index (χ4n) is 0.601. The van der Waals surface area contributed by atoms with E-state index in [1.165, 1.54) is 0 Å². The van der Waals surface area contributed by atoms with E-state index >= 15 is 0 Å². The van der Waals surface area contributed by atoms with Crippen LogP contribution in [0.25, 0.3) is 0 Å². The predicted octanol–water partition coefficient (Wildman–Crippen LogP) is 0.639. The van der Waals surface area contributed by atoms with Crippen LogP contribution in [0.4, 0.5) is 4.79 Å². The van der Waals surface area contributed by atoms with Gasteiger partial charge in [0.15, 0.2) is 0 Å². The summed E-state index contributed by atoms with van der Waals surface area (Å²) in [7, 11) is 0. The Morgan fingerprint density at radius 1 is 1.07 bits per heavy atom. The third-order valence-corrected chi connectivity index (χ3v) is 1.09. The summed E-state index contributed by atoms with van der Waals surface area (Å²) >= 11 is 0. The van der Waals surface area contributed by atoms with Crippen LogP contribution in [0.5, 0.6) is 0 Å². The Labute approximate surface area is 81.1 Å². The standard InChI is InChI=1S/C4H2O5.C4H10O/c5-2-1-3(6)9-4(7)8-2;1-3-5-4-2/h1H2;3-4H2,1-2H3. The van der Waals surface area contributed by atoms with Crippen molar-refractivity contribution in [3.05, 3.63) is 0 Å². The highest BCUT2D eigenvalue weighted by atomic mass is 16.8. The first kappa shape index (κ1) is 12.6. The lowest BCUT2D eigenvalue weighted by Gasteiger charge is -2.06. The summed E-state index contributed by atoms with van der Waals surface area (Å²) in [5.41, 5.74) is 0. The molecule has 6 heteroatoms. The molecule has 1 rings (SSSR count). The van der Waals surface area contributed by atoms with E-state index in [4.69, 9.17) is 4.74 Å². The highest BCUT2D eigenvalue weighted by Gasteiger charge is 2.25. The predicted molar refractivity (Wildman–Crippen MR) is 44.4 cm³/mol. The third-order valence-electron chi connectivity index (χ3n) is 1.09. The summed E-state index contributed by atoms with van der Waals surface area (Å²) in [5.74, 6) is -1.73. The first-order chi connectivity index (χ1) is 6.60. The molecule has 0 spiro atoms. The van der Waals surface area contributed by atoms with Gasteiger partial charge in [0, 0.05) is 13.2 Å². The third kappa shape index (κ3) is 6.13. The maximum Gasteiger partial charge on any atom is 0.524 e. The van der Waals surface area contributed by atoms with Crippen LogP contribution in [0.3, 0.4) is 0 Å². The molecule has 0 atom stereocenters. The molecule has 0 aliphatic carbocycles. The Hall–Kier alpha value is -1.43. The van der Waals surface area contributed by atoms with Gasteiger partial charge in [0.05, 0.1) is 0 Å². The molecule has 0 aromatic heterocycles. The van der Waals surface area contributed by atoms with Crippen LogP contribution in [0.1, 0.15) is 20.3 Å². The second-order valence-corrected chi connectivity index (χ2v) is 2.16. The van der Waals surface area contributed by atoms with Crippen molar-refractivity contribution in [2.75, 3.05) is 13.2 Å². The Balaban J connectivity index is 0.000000292. The average molecular weight is 204 g/mol. The Morgan fingerprint density at radius 2 is 1.50 bits per heavy atom. The van der Waals surface area contributed by atoms with Crippen molar-refractivity contribution < 1.29 is 28.6 Å². The summed E-state index contributed by atoms with van der Waals surface area (Å²) in [6.07, 6.45) is -1.72. The molecule has 0 amide bonds. The van der Waals surface area contributed by atoms with Crippen LogP contribution >= 0.6 is 0 Å². The number of rotatable bonds is 2. The van der Waals surface area contributed by atoms with Gasteiger partial charge in [-0.05, 0) is 13.8 Å². The molecule has 0 bridgehead atoms. The van der Waals surface area contributed by atoms with Gasteiger partial charge in [-0.2, -0.15) is 0 Å². The maximum atomic E-state index is 10.1. The minimum atomic E-state index is -1.24. The van der Waals surface area contributed by atoms with Gasteiger partial charge in [0.2, 0.25) is 0 Å². The van der Waals surface area contributed by atoms with Gasteiger partial charge in [-0.25, -0.2) is 4.79 Å². The molecule has 0 unspecified atom stereocenters. The molecule has 0 aromatic carbocycles. The summed E-state index contributed by atoms with van der Waals surface area (Å²) in [5, 5.41) is 0. The van der Waals surface area contributed by atoms with Crippen LogP contribution in [-0.2, 0) is 23.8 Å². The molecule has 6 nitrogen and oxygen atoms in total. The number of cyclic esters (lactones) is 4. The molecule has 0 radical (unpaired) electrons. The average Bonchev–Trinajstić information content (AvgIpc) is 2.03. The molecule has 1 saturated heterocycles. The molecule has 14 heavy (non-hydrogen) atoms. The van der Waals surface area contributed by atoms with Crippen molar-refractivity contribution in [3.8, 4) is 0 Å². The normalized spacial score (nSPS) is 15.1. The van der Waals surface area contributed by atoms with Gasteiger partial charge in [0.25, 0.3) is 0 Å². The van der Waals surface area contributed by atoms with Gasteiger partial charge in [-0.3, -0.25) is 9.59 Å². The van der Waals surface area contributed by atoms with Crippen molar-refractivity contribution >= 4 is 18.1 Å². The van der Waals surface area contributed by atoms with E-state index in [0.717, 1.165) is 13.2 Å². The van der Waals surface area contributed by atoms with E-state index in [1.54, 1.807) is 0 Å². The zero-order chi connectivity index (χ0) is 11.0. The monoisotopic (exact) mass is 204 g/mol. The SMILES string of the molecule is CCOCC.O=C1CC(=O)OC(=O)O1. The first-order valence-electron chi connectivity index (χ1n) is 4.13. The molecule has 0 aromatic rings. The van der Waals surface area contributed by atoms with Gasteiger partial charge in [-0.1, -0.05) is 0 Å². The van der Waals surface area contributed by atoms with E-state index in [-0.39, 0.29) is 0 Å². The van der Waals surface area contributed by atoms with Crippen LogP contribution in [-0.4, -0.2) is 31.3 Å². The first-order valence-corrected chi connectivity index (χ1v) is 4.13. The van der Waals surface area contributed by atoms with Crippen LogP contribution < -0.4 is 0 Å². The number of hydrogen-bond donors (Lipinski definition) is 0. The molecular weight excluding hydrogens is 192 g/mol. The molecule has 80 valence electrons. The van der Waals surface area contributed by atoms with Crippen LogP contribution in [0.2, 0.25) is 0 Å². The Morgan fingerprint density at radius 3 is 1.71 bits per heavy atom. The molecule has 1 fully saturated rings. The number of carbonyl (C=O) groups is 3. The van der Waals surface area contributed by atoms with Crippen molar-refractivity contribution in [1.82, 2.24) is 0 Å². The summed E-state index contributed by atoms with van der Waals surface area (Å²) in [6.45, 7) is 5.67. The number of esters is 2. The van der Waals surface area contributed by atoms with Crippen LogP contribution in [0, 0.1) is 0 Å². The second kappa shape index (κ2) is 7.02. The lowest BCUT2D eigenvalue weighted by atomic mass is 10.4. The number of ether oxygens (including phenoxy) is 3. The zero-order valence-electron chi connectivity index (χ0n) is 8.07. The summed E-state index contributed by atoms with van der Waals surface area (Å²) in [6, 6.07) is 0. The summed E-state index contributed by atoms with van der Waals surface area (Å²) < 4.78 is 12.5. The van der Waals surface area contributed by atoms with Crippen molar-refractivity contribution in [1.29, 1.82) is 0 Å². The van der Waals surface area contributed by atoms with Gasteiger partial charge >= 0.3 is 18.1 Å². The zero-order valence-corrected chi connectivity index (χ0v) is 8.07. The minimum absolute atomic E-state index is 0.480. The van der Waals surface area contributed by atoms with E-state index in [1.807, 2.05) is 13.8 Å². The van der Waals surface area contributed by atoms with Crippen molar-refractivity contribution in [2.24, 2.45) is 0 Å². The highest BCUT2D eigenvalue weighted by molar-refractivity contribution is 6.02. The van der Waals surface area contributed by atoms with Gasteiger partial charge in [-0.15, -0.1) is 0 Å². The Bertz CT molecular complexity index is 175. The fraction of sp³-hybridized carbons (Fsp3) is 0.625. The lowest BCUT2D eigenvalue weighted by Crippen LogP contribution is -2.26. The van der Waals surface area contributed by atoms with E-state index in [2.05, 4.69) is 9.47 Å². The van der Waals surface area contributed by atoms with Gasteiger partial charge in [0.1, 0.15) is 6.42 Å². The van der Waals surface area contributed by atoms with Crippen molar-refractivity contribution in [3.63, 3.8) is 0 Å². The number of hydrogen-bond acceptors (Lipinski definition) is 6. The molecule has 0 N–H and O–H groups in total. The summed E-state index contributed by atoms with van der Waals surface area (Å²) in [4.78, 5) is 30.3. The van der Waals surface area contributed by atoms with E-state index in [9.17, 15) is 14.4 Å². The molecule has 0 saturated carbocycles. The van der Waals surface area contributed by atoms with Crippen LogP contribution in [0.15, 0.2) is 0 Å². The molecular formula is C8H12O6. The van der Waals surface area contributed by atoms with E-state index in [0.29, 0.717) is 0 Å². The quantitative estimate of drug-likeness (QED) is 0.485. The fourth-order valence-corrected chi connectivity index (χ4v) is 0.601. The minimum Gasteiger partial charge on any atom is -0.382 e. The van der Waals surface area contributed by atoms with Crippen molar-refractivity contribution in [2.45, 2.75) is 20.3 Å². The number of carbonyl (C=O) groups excluding carboxylic acids is 3. The topological polar surface area (TPSA) is 78.9 Å². The molecule has 1 aliphatic rings. The maximum absolute atomic E-state index is 10.1. The highest BCUT2D eigenvalue weighted by Crippen LogP contribution is 2.00. The molecule has 1 heterocycles. The molecule has 1 aliphatic heterocycles. The Kier molecular flexibility index (Phi) is 6.30. The second-order valence-electron chi connectivity index (χ2n) is 2.16.